The Morgan fingerprint density at radius 2 is 2.00 bits per heavy atom. The van der Waals surface area contributed by atoms with E-state index in [9.17, 15) is 18.3 Å². The number of sulfonamides is 1. The van der Waals surface area contributed by atoms with Gasteiger partial charge in [0, 0.05) is 11.4 Å². The van der Waals surface area contributed by atoms with E-state index in [4.69, 9.17) is 11.6 Å². The molecule has 1 fully saturated rings. The minimum Gasteiger partial charge on any atom is -0.464 e. The van der Waals surface area contributed by atoms with E-state index in [2.05, 4.69) is 21.3 Å². The molecule has 0 unspecified atom stereocenters. The summed E-state index contributed by atoms with van der Waals surface area (Å²) in [5, 5.41) is 13.9. The van der Waals surface area contributed by atoms with Crippen molar-refractivity contribution in [3.8, 4) is 0 Å². The Kier molecular flexibility index (Phi) is 5.96. The Hall–Kier alpha value is -2.73. The fraction of sp³-hybridized carbons (Fsp3) is 0.273. The first-order valence-corrected chi connectivity index (χ1v) is 13.3. The van der Waals surface area contributed by atoms with Crippen LogP contribution in [0.25, 0.3) is 0 Å². The standard InChI is InChI=1S/C22H20ClFN4O4S2/c23-15-8-20(34(31,32)28(22(29)30)21-11-33-12-25-21)16(24)9-18(15)26-17-10-19(27-6-3-7-27)14-5-2-1-4-13(14)17/h1-2,4-5,8-9,11-12,17,19,26H,3,6-7,10H2,(H,29,30)/t17-,19-/m0/s1. The summed E-state index contributed by atoms with van der Waals surface area (Å²) in [6.45, 7) is 2.07. The summed E-state index contributed by atoms with van der Waals surface area (Å²) >= 11 is 7.39. The maximum absolute atomic E-state index is 15.1. The number of hydrogen-bond donors (Lipinski definition) is 2. The van der Waals surface area contributed by atoms with Crippen LogP contribution in [0.4, 0.5) is 20.7 Å². The number of amides is 1. The van der Waals surface area contributed by atoms with Crippen LogP contribution < -0.4 is 9.62 Å². The number of rotatable bonds is 6. The van der Waals surface area contributed by atoms with Crippen LogP contribution in [0.3, 0.4) is 0 Å². The lowest BCUT2D eigenvalue weighted by Gasteiger charge is -2.37. The first-order chi connectivity index (χ1) is 16.3. The number of fused-ring (bicyclic) bond motifs is 1. The number of halogens is 2. The number of nitrogens with one attached hydrogen (secondary N) is 1. The number of aromatic nitrogens is 1. The lowest BCUT2D eigenvalue weighted by Crippen LogP contribution is -2.39. The summed E-state index contributed by atoms with van der Waals surface area (Å²) in [7, 11) is -4.80. The number of nitrogens with zero attached hydrogens (tertiary/aromatic N) is 3. The lowest BCUT2D eigenvalue weighted by atomic mass is 10.0. The van der Waals surface area contributed by atoms with Crippen LogP contribution >= 0.6 is 22.9 Å². The Labute approximate surface area is 204 Å². The maximum Gasteiger partial charge on any atom is 0.427 e. The highest BCUT2D eigenvalue weighted by Crippen LogP contribution is 2.46. The van der Waals surface area contributed by atoms with Crippen LogP contribution in [-0.2, 0) is 10.0 Å². The van der Waals surface area contributed by atoms with Crippen LogP contribution in [0, 0.1) is 5.82 Å². The van der Waals surface area contributed by atoms with E-state index in [1.54, 1.807) is 0 Å². The van der Waals surface area contributed by atoms with Gasteiger partial charge in [0.25, 0.3) is 10.0 Å². The number of carboxylic acid groups (broad SMARTS) is 1. The molecule has 2 heterocycles. The van der Waals surface area contributed by atoms with Crippen molar-refractivity contribution < 1.29 is 22.7 Å². The van der Waals surface area contributed by atoms with Crippen molar-refractivity contribution >= 4 is 50.6 Å². The van der Waals surface area contributed by atoms with Gasteiger partial charge >= 0.3 is 6.09 Å². The summed E-state index contributed by atoms with van der Waals surface area (Å²) in [5.74, 6) is -1.45. The second kappa shape index (κ2) is 8.81. The van der Waals surface area contributed by atoms with Gasteiger partial charge in [-0.25, -0.2) is 22.6 Å². The monoisotopic (exact) mass is 522 g/mol. The number of benzene rings is 2. The molecule has 178 valence electrons. The molecule has 1 aliphatic heterocycles. The van der Waals surface area contributed by atoms with Crippen LogP contribution in [0.2, 0.25) is 5.02 Å². The maximum atomic E-state index is 15.1. The molecule has 2 aliphatic rings. The van der Waals surface area contributed by atoms with Crippen molar-refractivity contribution in [3.05, 3.63) is 69.3 Å². The molecular weight excluding hydrogens is 503 g/mol. The lowest BCUT2D eigenvalue weighted by molar-refractivity contribution is 0.116. The smallest absolute Gasteiger partial charge is 0.427 e. The molecule has 0 saturated carbocycles. The second-order valence-corrected chi connectivity index (χ2v) is 11.0. The van der Waals surface area contributed by atoms with Gasteiger partial charge in [0.2, 0.25) is 0 Å². The quantitative estimate of drug-likeness (QED) is 0.463. The van der Waals surface area contributed by atoms with Gasteiger partial charge in [-0.3, -0.25) is 4.90 Å². The summed E-state index contributed by atoms with van der Waals surface area (Å²) in [5.41, 5.74) is 3.83. The molecule has 1 saturated heterocycles. The summed E-state index contributed by atoms with van der Waals surface area (Å²) in [4.78, 5) is 17.0. The highest BCUT2D eigenvalue weighted by atomic mass is 35.5. The highest BCUT2D eigenvalue weighted by molar-refractivity contribution is 7.93. The Morgan fingerprint density at radius 3 is 2.62 bits per heavy atom. The average molecular weight is 523 g/mol. The van der Waals surface area contributed by atoms with E-state index in [0.717, 1.165) is 55.0 Å². The molecule has 1 aliphatic carbocycles. The van der Waals surface area contributed by atoms with Gasteiger partial charge < -0.3 is 10.4 Å². The third-order valence-electron chi connectivity index (χ3n) is 6.19. The topological polar surface area (TPSA) is 103 Å². The van der Waals surface area contributed by atoms with Crippen molar-refractivity contribution in [1.29, 1.82) is 0 Å². The van der Waals surface area contributed by atoms with Crippen LogP contribution in [0.1, 0.15) is 36.1 Å². The van der Waals surface area contributed by atoms with Gasteiger partial charge in [-0.1, -0.05) is 35.9 Å². The summed E-state index contributed by atoms with van der Waals surface area (Å²) in [6, 6.07) is 10.1. The van der Waals surface area contributed by atoms with Crippen molar-refractivity contribution in [2.75, 3.05) is 22.7 Å². The van der Waals surface area contributed by atoms with E-state index in [1.165, 1.54) is 16.5 Å². The van der Waals surface area contributed by atoms with E-state index in [-0.39, 0.29) is 32.9 Å². The zero-order valence-corrected chi connectivity index (χ0v) is 20.1. The predicted molar refractivity (Wildman–Crippen MR) is 128 cm³/mol. The molecule has 0 bridgehead atoms. The minimum atomic E-state index is -4.80. The molecule has 5 rings (SSSR count). The van der Waals surface area contributed by atoms with Gasteiger partial charge in [-0.2, -0.15) is 0 Å². The first-order valence-electron chi connectivity index (χ1n) is 10.5. The molecule has 1 amide bonds. The highest BCUT2D eigenvalue weighted by Gasteiger charge is 2.38. The molecule has 2 N–H and O–H groups in total. The SMILES string of the molecule is O=C(O)N(c1cscn1)S(=O)(=O)c1cc(Cl)c(N[C@H]2C[C@H](N3CCC3)c3ccccc32)cc1F. The molecule has 2 aromatic carbocycles. The molecule has 8 nitrogen and oxygen atoms in total. The fourth-order valence-corrected chi connectivity index (χ4v) is 6.68. The Morgan fingerprint density at radius 1 is 1.26 bits per heavy atom. The van der Waals surface area contributed by atoms with Crippen LogP contribution in [0.15, 0.2) is 52.2 Å². The normalized spacial score (nSPS) is 19.9. The van der Waals surface area contributed by atoms with E-state index < -0.39 is 26.8 Å². The molecule has 2 atom stereocenters. The molecule has 12 heteroatoms. The van der Waals surface area contributed by atoms with Gasteiger partial charge in [-0.05, 0) is 49.2 Å². The summed E-state index contributed by atoms with van der Waals surface area (Å²) < 4.78 is 41.2. The Balaban J connectivity index is 1.46. The molecule has 0 radical (unpaired) electrons. The third-order valence-corrected chi connectivity index (χ3v) is 8.77. The van der Waals surface area contributed by atoms with Crippen molar-refractivity contribution in [3.63, 3.8) is 0 Å². The predicted octanol–water partition coefficient (Wildman–Crippen LogP) is 5.11. The molecule has 3 aromatic rings. The molecule has 1 aromatic heterocycles. The zero-order valence-electron chi connectivity index (χ0n) is 17.7. The number of likely N-dealkylation sites (tertiary alicyclic amines) is 1. The average Bonchev–Trinajstić information content (AvgIpc) is 3.38. The van der Waals surface area contributed by atoms with E-state index in [1.807, 2.05) is 18.2 Å². The second-order valence-electron chi connectivity index (χ2n) is 8.13. The Bertz CT molecular complexity index is 1350. The minimum absolute atomic E-state index is 0.0338. The van der Waals surface area contributed by atoms with E-state index in [0.29, 0.717) is 0 Å². The summed E-state index contributed by atoms with van der Waals surface area (Å²) in [6.07, 6.45) is 0.134. The third kappa shape index (κ3) is 3.92. The zero-order chi connectivity index (χ0) is 24.0. The van der Waals surface area contributed by atoms with E-state index >= 15 is 4.39 Å². The largest absolute Gasteiger partial charge is 0.464 e. The number of carbonyl (C=O) groups is 1. The van der Waals surface area contributed by atoms with Crippen molar-refractivity contribution in [2.45, 2.75) is 29.8 Å². The number of anilines is 2. The molecule has 0 spiro atoms. The number of hydrogen-bond acceptors (Lipinski definition) is 7. The molecule has 34 heavy (non-hydrogen) atoms. The fourth-order valence-electron chi connectivity index (χ4n) is 4.50. The van der Waals surface area contributed by atoms with Gasteiger partial charge in [-0.15, -0.1) is 15.6 Å². The van der Waals surface area contributed by atoms with Crippen LogP contribution in [-0.4, -0.2) is 42.6 Å². The van der Waals surface area contributed by atoms with Crippen molar-refractivity contribution in [1.82, 2.24) is 9.88 Å². The van der Waals surface area contributed by atoms with Gasteiger partial charge in [0.05, 0.1) is 22.3 Å². The molecular formula is C22H20ClFN4O4S2. The van der Waals surface area contributed by atoms with Gasteiger partial charge in [0.1, 0.15) is 10.7 Å². The first kappa shape index (κ1) is 23.0. The van der Waals surface area contributed by atoms with Gasteiger partial charge in [0.15, 0.2) is 5.82 Å². The van der Waals surface area contributed by atoms with Crippen molar-refractivity contribution in [2.24, 2.45) is 0 Å². The van der Waals surface area contributed by atoms with Crippen LogP contribution in [0.5, 0.6) is 0 Å². The number of thiazole rings is 1.